The van der Waals surface area contributed by atoms with Crippen LogP contribution >= 0.6 is 0 Å². The van der Waals surface area contributed by atoms with Crippen LogP contribution in [0.2, 0.25) is 0 Å². The van der Waals surface area contributed by atoms with Crippen LogP contribution in [0.3, 0.4) is 0 Å². The van der Waals surface area contributed by atoms with Gasteiger partial charge in [0.05, 0.1) is 5.56 Å². The lowest BCUT2D eigenvalue weighted by atomic mass is 10.0. The highest BCUT2D eigenvalue weighted by molar-refractivity contribution is 5.97. The summed E-state index contributed by atoms with van der Waals surface area (Å²) in [6, 6.07) is 2.48. The zero-order valence-corrected chi connectivity index (χ0v) is 12.2. The predicted molar refractivity (Wildman–Crippen MR) is 75.3 cm³/mol. The van der Waals surface area contributed by atoms with Crippen LogP contribution in [0.25, 0.3) is 0 Å². The van der Waals surface area contributed by atoms with Crippen molar-refractivity contribution in [2.45, 2.75) is 39.8 Å². The van der Waals surface area contributed by atoms with Gasteiger partial charge in [0, 0.05) is 31.3 Å². The smallest absolute Gasteiger partial charge is 0.163 e. The minimum absolute atomic E-state index is 0.00543. The van der Waals surface area contributed by atoms with Gasteiger partial charge in [-0.05, 0) is 39.3 Å². The third-order valence-corrected chi connectivity index (χ3v) is 3.24. The Hall–Kier alpha value is -1.46. The number of aromatic hydroxyl groups is 1. The third-order valence-electron chi connectivity index (χ3n) is 3.24. The van der Waals surface area contributed by atoms with E-state index in [2.05, 4.69) is 0 Å². The standard InChI is InChI=1S/C15H22FNO3/c1-10(2)17(5-4-6-18)9-12-7-13(16)8-14(11(3)19)15(12)20/h7-8,10,18,20H,4-6,9H2,1-3H3. The van der Waals surface area contributed by atoms with E-state index in [0.717, 1.165) is 6.07 Å². The molecule has 1 aromatic rings. The van der Waals surface area contributed by atoms with E-state index in [1.807, 2.05) is 18.7 Å². The quantitative estimate of drug-likeness (QED) is 0.754. The molecule has 4 nitrogen and oxygen atoms in total. The van der Waals surface area contributed by atoms with Gasteiger partial charge in [0.2, 0.25) is 0 Å². The third kappa shape index (κ3) is 4.28. The van der Waals surface area contributed by atoms with Crippen molar-refractivity contribution < 1.29 is 19.4 Å². The zero-order chi connectivity index (χ0) is 15.3. The average molecular weight is 283 g/mol. The summed E-state index contributed by atoms with van der Waals surface area (Å²) < 4.78 is 13.5. The van der Waals surface area contributed by atoms with Gasteiger partial charge in [-0.2, -0.15) is 0 Å². The van der Waals surface area contributed by atoms with Crippen molar-refractivity contribution in [1.29, 1.82) is 0 Å². The minimum Gasteiger partial charge on any atom is -0.507 e. The number of phenols is 1. The molecule has 0 atom stereocenters. The number of phenolic OH excluding ortho intramolecular Hbond substituents is 1. The van der Waals surface area contributed by atoms with E-state index >= 15 is 0 Å². The number of hydrogen-bond acceptors (Lipinski definition) is 4. The first-order valence-corrected chi connectivity index (χ1v) is 6.74. The van der Waals surface area contributed by atoms with Gasteiger partial charge in [-0.15, -0.1) is 0 Å². The van der Waals surface area contributed by atoms with E-state index in [1.54, 1.807) is 0 Å². The van der Waals surface area contributed by atoms with E-state index in [-0.39, 0.29) is 29.7 Å². The van der Waals surface area contributed by atoms with Crippen molar-refractivity contribution in [2.75, 3.05) is 13.2 Å². The van der Waals surface area contributed by atoms with Gasteiger partial charge < -0.3 is 10.2 Å². The molecule has 0 saturated heterocycles. The van der Waals surface area contributed by atoms with Gasteiger partial charge in [-0.3, -0.25) is 9.69 Å². The molecule has 0 saturated carbocycles. The SMILES string of the molecule is CC(=O)c1cc(F)cc(CN(CCCO)C(C)C)c1O. The minimum atomic E-state index is -0.533. The molecule has 0 aliphatic heterocycles. The molecule has 0 bridgehead atoms. The van der Waals surface area contributed by atoms with Crippen molar-refractivity contribution >= 4 is 5.78 Å². The summed E-state index contributed by atoms with van der Waals surface area (Å²) in [6.45, 7) is 6.32. The number of hydrogen-bond donors (Lipinski definition) is 2. The van der Waals surface area contributed by atoms with Gasteiger partial charge in [-0.1, -0.05) is 0 Å². The molecule has 20 heavy (non-hydrogen) atoms. The molecule has 0 heterocycles. The second kappa shape index (κ2) is 7.36. The number of aliphatic hydroxyl groups excluding tert-OH is 1. The molecule has 5 heteroatoms. The summed E-state index contributed by atoms with van der Waals surface area (Å²) in [7, 11) is 0. The number of aliphatic hydroxyl groups is 1. The summed E-state index contributed by atoms with van der Waals surface area (Å²) in [5.41, 5.74) is 0.396. The first kappa shape index (κ1) is 16.6. The molecule has 0 radical (unpaired) electrons. The lowest BCUT2D eigenvalue weighted by Gasteiger charge is -2.26. The Labute approximate surface area is 118 Å². The molecule has 0 spiro atoms. The zero-order valence-electron chi connectivity index (χ0n) is 12.2. The number of carbonyl (C=O) groups excluding carboxylic acids is 1. The Morgan fingerprint density at radius 2 is 2.05 bits per heavy atom. The molecule has 0 fully saturated rings. The van der Waals surface area contributed by atoms with Crippen LogP contribution in [-0.4, -0.2) is 40.1 Å². The topological polar surface area (TPSA) is 60.8 Å². The van der Waals surface area contributed by atoms with Crippen LogP contribution < -0.4 is 0 Å². The molecule has 112 valence electrons. The molecule has 0 aromatic heterocycles. The number of carbonyl (C=O) groups is 1. The predicted octanol–water partition coefficient (Wildman–Crippen LogP) is 2.33. The molecule has 0 unspecified atom stereocenters. The molecule has 1 aromatic carbocycles. The van der Waals surface area contributed by atoms with Gasteiger partial charge in [0.25, 0.3) is 0 Å². The number of nitrogens with zero attached hydrogens (tertiary/aromatic N) is 1. The van der Waals surface area contributed by atoms with Crippen LogP contribution in [0.4, 0.5) is 4.39 Å². The van der Waals surface area contributed by atoms with Crippen LogP contribution in [0, 0.1) is 5.82 Å². The van der Waals surface area contributed by atoms with E-state index in [9.17, 15) is 14.3 Å². The lowest BCUT2D eigenvalue weighted by Crippen LogP contribution is -2.32. The Bertz CT molecular complexity index is 474. The second-order valence-electron chi connectivity index (χ2n) is 5.16. The Morgan fingerprint density at radius 3 is 2.55 bits per heavy atom. The molecule has 0 amide bonds. The highest BCUT2D eigenvalue weighted by Crippen LogP contribution is 2.26. The van der Waals surface area contributed by atoms with Crippen molar-refractivity contribution in [3.63, 3.8) is 0 Å². The Balaban J connectivity index is 3.03. The first-order valence-electron chi connectivity index (χ1n) is 6.74. The second-order valence-corrected chi connectivity index (χ2v) is 5.16. The monoisotopic (exact) mass is 283 g/mol. The van der Waals surface area contributed by atoms with Crippen molar-refractivity contribution in [2.24, 2.45) is 0 Å². The molecular weight excluding hydrogens is 261 g/mol. The van der Waals surface area contributed by atoms with Crippen molar-refractivity contribution in [3.05, 3.63) is 29.1 Å². The highest BCUT2D eigenvalue weighted by Gasteiger charge is 2.17. The van der Waals surface area contributed by atoms with E-state index in [4.69, 9.17) is 5.11 Å². The molecule has 1 rings (SSSR count). The van der Waals surface area contributed by atoms with Gasteiger partial charge in [0.1, 0.15) is 11.6 Å². The molecule has 2 N–H and O–H groups in total. The normalized spacial score (nSPS) is 11.3. The summed E-state index contributed by atoms with van der Waals surface area (Å²) in [4.78, 5) is 13.4. The van der Waals surface area contributed by atoms with Crippen LogP contribution in [0.1, 0.15) is 43.1 Å². The number of ketones is 1. The summed E-state index contributed by atoms with van der Waals surface area (Å²) >= 11 is 0. The van der Waals surface area contributed by atoms with Crippen molar-refractivity contribution in [1.82, 2.24) is 4.90 Å². The van der Waals surface area contributed by atoms with Gasteiger partial charge in [-0.25, -0.2) is 4.39 Å². The van der Waals surface area contributed by atoms with E-state index in [1.165, 1.54) is 13.0 Å². The number of halogens is 1. The van der Waals surface area contributed by atoms with Crippen LogP contribution in [-0.2, 0) is 6.54 Å². The summed E-state index contributed by atoms with van der Waals surface area (Å²) in [6.07, 6.45) is 0.605. The maximum atomic E-state index is 13.5. The summed E-state index contributed by atoms with van der Waals surface area (Å²) in [5.74, 6) is -1.06. The van der Waals surface area contributed by atoms with Gasteiger partial charge in [0.15, 0.2) is 5.78 Å². The summed E-state index contributed by atoms with van der Waals surface area (Å²) in [5, 5.41) is 19.0. The largest absolute Gasteiger partial charge is 0.507 e. The molecule has 0 aliphatic carbocycles. The number of benzene rings is 1. The van der Waals surface area contributed by atoms with Gasteiger partial charge >= 0.3 is 0 Å². The maximum absolute atomic E-state index is 13.5. The van der Waals surface area contributed by atoms with Crippen LogP contribution in [0.15, 0.2) is 12.1 Å². The fourth-order valence-corrected chi connectivity index (χ4v) is 2.06. The average Bonchev–Trinajstić information content (AvgIpc) is 2.37. The van der Waals surface area contributed by atoms with Crippen molar-refractivity contribution in [3.8, 4) is 5.75 Å². The van der Waals surface area contributed by atoms with E-state index in [0.29, 0.717) is 25.1 Å². The molecular formula is C15H22FNO3. The fourth-order valence-electron chi connectivity index (χ4n) is 2.06. The van der Waals surface area contributed by atoms with Crippen LogP contribution in [0.5, 0.6) is 5.75 Å². The number of rotatable bonds is 7. The highest BCUT2D eigenvalue weighted by atomic mass is 19.1. The maximum Gasteiger partial charge on any atom is 0.163 e. The number of Topliss-reactive ketones (excluding diaryl/α,β-unsaturated/α-hetero) is 1. The Kier molecular flexibility index (Phi) is 6.10. The first-order chi connectivity index (χ1) is 9.36. The Morgan fingerprint density at radius 1 is 1.40 bits per heavy atom. The fraction of sp³-hybridized carbons (Fsp3) is 0.533. The molecule has 0 aliphatic rings. The lowest BCUT2D eigenvalue weighted by molar-refractivity contribution is 0.101. The van der Waals surface area contributed by atoms with E-state index < -0.39 is 5.82 Å².